The molecule has 0 saturated carbocycles. The van der Waals surface area contributed by atoms with E-state index >= 15 is 0 Å². The summed E-state index contributed by atoms with van der Waals surface area (Å²) in [5.74, 6) is -6.82. The summed E-state index contributed by atoms with van der Waals surface area (Å²) in [4.78, 5) is 123. The third-order valence-electron chi connectivity index (χ3n) is 11.8. The average Bonchev–Trinajstić information content (AvgIpc) is 3.35. The van der Waals surface area contributed by atoms with Gasteiger partial charge in [0.05, 0.1) is 71.5 Å². The predicted octanol–water partition coefficient (Wildman–Crippen LogP) is 6.78. The Labute approximate surface area is 538 Å². The summed E-state index contributed by atoms with van der Waals surface area (Å²) in [7, 11) is 0. The van der Waals surface area contributed by atoms with Crippen molar-refractivity contribution >= 4 is 133 Å². The molecule has 0 fully saturated rings. The van der Waals surface area contributed by atoms with Crippen molar-refractivity contribution in [1.29, 1.82) is 0 Å². The number of amides is 3. The number of halogens is 5. The summed E-state index contributed by atoms with van der Waals surface area (Å²) in [5, 5.41) is 8.57. The van der Waals surface area contributed by atoms with Crippen molar-refractivity contribution in [2.75, 3.05) is 125 Å². The van der Waals surface area contributed by atoms with E-state index in [0.717, 1.165) is 0 Å². The van der Waals surface area contributed by atoms with Gasteiger partial charge in [-0.2, -0.15) is 0 Å². The summed E-state index contributed by atoms with van der Waals surface area (Å²) < 4.78 is 56.2. The molecule has 0 heterocycles. The van der Waals surface area contributed by atoms with Gasteiger partial charge >= 0.3 is 35.8 Å². The van der Waals surface area contributed by atoms with Crippen LogP contribution in [0.5, 0.6) is 0 Å². The first kappa shape index (κ1) is 81.2. The van der Waals surface area contributed by atoms with E-state index in [4.69, 9.17) is 52.1 Å². The van der Waals surface area contributed by atoms with E-state index < -0.39 is 162 Å². The molecule has 1 unspecified atom stereocenters. The molecule has 0 aromatic rings. The Hall–Kier alpha value is -2.83. The minimum absolute atomic E-state index is 0.0133. The van der Waals surface area contributed by atoms with E-state index in [1.165, 1.54) is 90.0 Å². The molecule has 0 aliphatic heterocycles. The second-order valence-electron chi connectivity index (χ2n) is 24.6. The Morgan fingerprint density at radius 2 is 0.548 bits per heavy atom. The van der Waals surface area contributed by atoms with Crippen molar-refractivity contribution < 1.29 is 95.3 Å². The zero-order valence-electron chi connectivity index (χ0n) is 51.8. The summed E-state index contributed by atoms with van der Waals surface area (Å²) in [6, 6.07) is 0. The normalized spacial score (nSPS) is 13.6. The molecule has 0 rings (SSSR count). The van der Waals surface area contributed by atoms with Crippen LogP contribution < -0.4 is 16.0 Å². The van der Waals surface area contributed by atoms with E-state index in [9.17, 15) is 43.2 Å². The monoisotopic (exact) mass is 1520 g/mol. The SMILES string of the molecule is C=CCOCCOCCOCCOCCOCC(CNC(=O)C(C)(COC(=O)C(C)(C)C)COC(=O)C(C)(C)Br)(CNC(=O)C(C)(COC(=O)C(C)(C)Br)COC(=O)C(C)(C)Br)CNC(=O)C(C)(COC(=O)C(C)(C)Br)COC(=O)C(C)(C)Br. The maximum absolute atomic E-state index is 14.8. The molecule has 1 atom stereocenters. The van der Waals surface area contributed by atoms with Gasteiger partial charge in [-0.15, -0.1) is 6.58 Å². The largest absolute Gasteiger partial charge is 0.464 e. The van der Waals surface area contributed by atoms with Crippen LogP contribution in [-0.2, 0) is 95.3 Å². The fourth-order valence-corrected chi connectivity index (χ4v) is 6.53. The molecule has 0 aliphatic rings. The van der Waals surface area contributed by atoms with E-state index in [2.05, 4.69) is 102 Å². The third-order valence-corrected chi connectivity index (χ3v) is 13.4. The lowest BCUT2D eigenvalue weighted by atomic mass is 9.84. The lowest BCUT2D eigenvalue weighted by molar-refractivity contribution is -0.164. The molecule has 0 saturated heterocycles. The van der Waals surface area contributed by atoms with Crippen molar-refractivity contribution in [2.24, 2.45) is 27.1 Å². The molecule has 23 nitrogen and oxygen atoms in total. The summed E-state index contributed by atoms with van der Waals surface area (Å²) >= 11 is 16.3. The lowest BCUT2D eigenvalue weighted by Crippen LogP contribution is -2.59. The van der Waals surface area contributed by atoms with Gasteiger partial charge in [-0.1, -0.05) is 85.7 Å². The van der Waals surface area contributed by atoms with E-state index in [1.54, 1.807) is 26.8 Å². The van der Waals surface area contributed by atoms with Crippen molar-refractivity contribution in [3.8, 4) is 0 Å². The molecular weight excluding hydrogens is 1430 g/mol. The van der Waals surface area contributed by atoms with Crippen LogP contribution in [0.4, 0.5) is 0 Å². The molecule has 0 spiro atoms. The molecule has 3 amide bonds. The first-order valence-electron chi connectivity index (χ1n) is 27.0. The van der Waals surface area contributed by atoms with Crippen molar-refractivity contribution in [1.82, 2.24) is 16.0 Å². The van der Waals surface area contributed by atoms with Crippen LogP contribution in [-0.4, -0.2) is 201 Å². The van der Waals surface area contributed by atoms with Crippen molar-refractivity contribution in [3.63, 3.8) is 0 Å². The fourth-order valence-electron chi connectivity index (χ4n) is 5.96. The summed E-state index contributed by atoms with van der Waals surface area (Å²) in [6.07, 6.45) is 1.64. The van der Waals surface area contributed by atoms with Gasteiger partial charge in [-0.05, 0) is 111 Å². The number of carbonyl (C=O) groups is 9. The molecule has 0 bridgehead atoms. The van der Waals surface area contributed by atoms with E-state index in [-0.39, 0.29) is 33.0 Å². The van der Waals surface area contributed by atoms with Crippen LogP contribution in [0.1, 0.15) is 111 Å². The van der Waals surface area contributed by atoms with Crippen LogP contribution >= 0.6 is 79.6 Å². The van der Waals surface area contributed by atoms with Gasteiger partial charge in [0.25, 0.3) is 0 Å². The fraction of sp³-hybridized carbons (Fsp3) is 0.804. The molecule has 84 heavy (non-hydrogen) atoms. The van der Waals surface area contributed by atoms with Gasteiger partial charge in [0.1, 0.15) is 77.5 Å². The first-order valence-corrected chi connectivity index (χ1v) is 31.0. The number of rotatable bonds is 42. The number of hydrogen-bond donors (Lipinski definition) is 3. The van der Waals surface area contributed by atoms with Crippen LogP contribution in [0.2, 0.25) is 0 Å². The highest BCUT2D eigenvalue weighted by atomic mass is 79.9. The standard InChI is InChI=1S/C56H92Br5N3O20/c1-18-19-74-20-21-75-22-23-76-24-25-77-26-27-78-37-56(28-62-38(65)53(15,31-79-41(68)47(2,3)4)32-80-42(69)48(5,6)57,29-63-39(66)54(16,33-81-43(70)49(7,8)58)34-82-44(71)50(9,10)59)30-64-40(67)55(17,35-83-45(72)51(11,12)60)36-84-46(73)52(13,14)61/h18H,1,19-37H2,2-17H3,(H,62,65)(H,63,66)(H,64,67). The average molecular weight is 1530 g/mol. The van der Waals surface area contributed by atoms with Gasteiger partial charge in [0, 0.05) is 25.0 Å². The lowest BCUT2D eigenvalue weighted by Gasteiger charge is -2.38. The zero-order chi connectivity index (χ0) is 65.2. The third kappa shape index (κ3) is 31.9. The van der Waals surface area contributed by atoms with Gasteiger partial charge in [0.2, 0.25) is 17.7 Å². The smallest absolute Gasteiger partial charge is 0.322 e. The van der Waals surface area contributed by atoms with Crippen LogP contribution in [0, 0.1) is 27.1 Å². The van der Waals surface area contributed by atoms with Crippen LogP contribution in [0.15, 0.2) is 12.7 Å². The Balaban J connectivity index is 7.81. The van der Waals surface area contributed by atoms with Crippen LogP contribution in [0.3, 0.4) is 0 Å². The molecule has 28 heteroatoms. The number of alkyl halides is 5. The molecule has 0 aliphatic carbocycles. The van der Waals surface area contributed by atoms with Gasteiger partial charge in [-0.25, -0.2) is 0 Å². The molecule has 3 N–H and O–H groups in total. The van der Waals surface area contributed by atoms with Gasteiger partial charge in [-0.3, -0.25) is 43.2 Å². The Kier molecular flexibility index (Phi) is 34.8. The molecule has 0 radical (unpaired) electrons. The van der Waals surface area contributed by atoms with E-state index in [1.807, 2.05) is 0 Å². The summed E-state index contributed by atoms with van der Waals surface area (Å²) in [6.45, 7) is 24.8. The first-order chi connectivity index (χ1) is 38.2. The molecule has 0 aromatic carbocycles. The Bertz CT molecular complexity index is 1880. The highest BCUT2D eigenvalue weighted by molar-refractivity contribution is 9.11. The number of nitrogens with one attached hydrogen (secondary N) is 3. The number of hydrogen-bond acceptors (Lipinski definition) is 20. The maximum atomic E-state index is 14.8. The molecule has 486 valence electrons. The Morgan fingerprint density at radius 1 is 0.333 bits per heavy atom. The number of esters is 6. The highest BCUT2D eigenvalue weighted by Gasteiger charge is 2.46. The van der Waals surface area contributed by atoms with Crippen molar-refractivity contribution in [3.05, 3.63) is 12.7 Å². The van der Waals surface area contributed by atoms with E-state index in [0.29, 0.717) is 33.0 Å². The maximum Gasteiger partial charge on any atom is 0.322 e. The van der Waals surface area contributed by atoms with Gasteiger partial charge < -0.3 is 68.1 Å². The predicted molar refractivity (Wildman–Crippen MR) is 330 cm³/mol. The van der Waals surface area contributed by atoms with Gasteiger partial charge in [0.15, 0.2) is 0 Å². The Morgan fingerprint density at radius 3 is 0.762 bits per heavy atom. The quantitative estimate of drug-likeness (QED) is 0.0186. The minimum atomic E-state index is -1.79. The summed E-state index contributed by atoms with van der Waals surface area (Å²) in [5.41, 5.74) is -7.96. The number of ether oxygens (including phenoxy) is 11. The topological polar surface area (TPSA) is 291 Å². The van der Waals surface area contributed by atoms with Crippen LogP contribution in [0.25, 0.3) is 0 Å². The highest BCUT2D eigenvalue weighted by Crippen LogP contribution is 2.30. The second kappa shape index (κ2) is 36.0. The zero-order valence-corrected chi connectivity index (χ0v) is 59.7. The second-order valence-corrected chi connectivity index (χ2v) is 34.5. The minimum Gasteiger partial charge on any atom is -0.464 e. The molecular formula is C56H92Br5N3O20. The van der Waals surface area contributed by atoms with Crippen molar-refractivity contribution in [2.45, 2.75) is 132 Å². The molecule has 0 aromatic heterocycles. The number of carbonyl (C=O) groups excluding carboxylic acids is 9.